The highest BCUT2D eigenvalue weighted by atomic mass is 35.5. The van der Waals surface area contributed by atoms with E-state index >= 15 is 0 Å². The first-order valence-corrected chi connectivity index (χ1v) is 8.35. The van der Waals surface area contributed by atoms with E-state index in [1.54, 1.807) is 39.5 Å². The van der Waals surface area contributed by atoms with Crippen molar-refractivity contribution in [3.05, 3.63) is 40.4 Å². The molecule has 0 aromatic heterocycles. The number of halogens is 1. The molecule has 7 nitrogen and oxygen atoms in total. The topological polar surface area (TPSA) is 75.2 Å². The smallest absolute Gasteiger partial charge is 0.251 e. The van der Waals surface area contributed by atoms with Crippen molar-refractivity contribution in [2.24, 2.45) is 0 Å². The molecule has 2 aromatic rings. The molecule has 0 saturated carbocycles. The number of carbonyl (C=O) groups excluding carboxylic acids is 1. The van der Waals surface area contributed by atoms with Crippen LogP contribution in [0, 0.1) is 0 Å². The van der Waals surface area contributed by atoms with E-state index in [1.807, 2.05) is 0 Å². The fourth-order valence-electron chi connectivity index (χ4n) is 2.56. The molecule has 0 fully saturated rings. The molecule has 0 aliphatic rings. The Labute approximate surface area is 163 Å². The maximum absolute atomic E-state index is 12.6. The average molecular weight is 396 g/mol. The van der Waals surface area contributed by atoms with Gasteiger partial charge in [-0.2, -0.15) is 0 Å². The molecule has 0 aliphatic carbocycles. The minimum Gasteiger partial charge on any atom is -0.496 e. The van der Waals surface area contributed by atoms with Gasteiger partial charge < -0.3 is 29.0 Å². The third-order valence-corrected chi connectivity index (χ3v) is 4.20. The average Bonchev–Trinajstić information content (AvgIpc) is 2.70. The number of benzene rings is 2. The monoisotopic (exact) mass is 395 g/mol. The maximum atomic E-state index is 12.6. The molecule has 0 aliphatic heterocycles. The molecule has 0 saturated heterocycles. The van der Waals surface area contributed by atoms with E-state index in [4.69, 9.17) is 35.3 Å². The van der Waals surface area contributed by atoms with Crippen LogP contribution in [0.1, 0.15) is 15.9 Å². The van der Waals surface area contributed by atoms with Crippen molar-refractivity contribution in [1.82, 2.24) is 5.32 Å². The van der Waals surface area contributed by atoms with Gasteiger partial charge in [0.1, 0.15) is 5.75 Å². The Morgan fingerprint density at radius 1 is 0.815 bits per heavy atom. The quantitative estimate of drug-likeness (QED) is 0.739. The molecule has 27 heavy (non-hydrogen) atoms. The summed E-state index contributed by atoms with van der Waals surface area (Å²) >= 11 is 6.16. The zero-order chi connectivity index (χ0) is 20.0. The van der Waals surface area contributed by atoms with Crippen LogP contribution >= 0.6 is 11.6 Å². The number of carbonyl (C=O) groups is 1. The Morgan fingerprint density at radius 3 is 1.96 bits per heavy atom. The van der Waals surface area contributed by atoms with Crippen molar-refractivity contribution in [2.45, 2.75) is 6.54 Å². The summed E-state index contributed by atoms with van der Waals surface area (Å²) in [7, 11) is 7.58. The van der Waals surface area contributed by atoms with Crippen LogP contribution in [0.2, 0.25) is 5.02 Å². The Morgan fingerprint density at radius 2 is 1.41 bits per heavy atom. The van der Waals surface area contributed by atoms with Gasteiger partial charge >= 0.3 is 0 Å². The lowest BCUT2D eigenvalue weighted by atomic mass is 10.1. The molecule has 146 valence electrons. The summed E-state index contributed by atoms with van der Waals surface area (Å²) in [6.07, 6.45) is 0. The fourth-order valence-corrected chi connectivity index (χ4v) is 2.85. The van der Waals surface area contributed by atoms with E-state index in [1.165, 1.54) is 20.3 Å². The van der Waals surface area contributed by atoms with E-state index in [-0.39, 0.29) is 17.5 Å². The van der Waals surface area contributed by atoms with Crippen LogP contribution in [0.4, 0.5) is 0 Å². The van der Waals surface area contributed by atoms with Gasteiger partial charge in [0.2, 0.25) is 0 Å². The van der Waals surface area contributed by atoms with Gasteiger partial charge in [-0.15, -0.1) is 0 Å². The molecule has 2 aromatic carbocycles. The number of rotatable bonds is 8. The second-order valence-corrected chi connectivity index (χ2v) is 5.80. The van der Waals surface area contributed by atoms with Crippen LogP contribution in [0.5, 0.6) is 28.7 Å². The number of methoxy groups -OCH3 is 5. The lowest BCUT2D eigenvalue weighted by Gasteiger charge is -2.15. The van der Waals surface area contributed by atoms with Crippen LogP contribution in [0.3, 0.4) is 0 Å². The maximum Gasteiger partial charge on any atom is 0.251 e. The first-order valence-electron chi connectivity index (χ1n) is 7.97. The molecule has 1 amide bonds. The number of hydrogen-bond donors (Lipinski definition) is 1. The lowest BCUT2D eigenvalue weighted by Crippen LogP contribution is -2.23. The normalized spacial score (nSPS) is 10.1. The summed E-state index contributed by atoms with van der Waals surface area (Å²) < 4.78 is 26.3. The van der Waals surface area contributed by atoms with Crippen molar-refractivity contribution in [2.75, 3.05) is 35.5 Å². The second kappa shape index (κ2) is 9.23. The highest BCUT2D eigenvalue weighted by Crippen LogP contribution is 2.36. The number of hydrogen-bond acceptors (Lipinski definition) is 6. The van der Waals surface area contributed by atoms with E-state index < -0.39 is 0 Å². The first-order chi connectivity index (χ1) is 13.0. The standard InChI is InChI=1S/C19H22ClNO6/c1-23-14-9-16(25-3)15(24-2)8-12(14)10-21-19(22)11-6-13(20)18(27-5)17(7-11)26-4/h6-9H,10H2,1-5H3,(H,21,22). The van der Waals surface area contributed by atoms with Gasteiger partial charge in [-0.25, -0.2) is 0 Å². The summed E-state index contributed by atoms with van der Waals surface area (Å²) in [5.41, 5.74) is 1.08. The van der Waals surface area contributed by atoms with Gasteiger partial charge in [-0.05, 0) is 18.2 Å². The zero-order valence-electron chi connectivity index (χ0n) is 15.8. The SMILES string of the molecule is COc1cc(OC)c(OC)cc1CNC(=O)c1cc(Cl)c(OC)c(OC)c1. The largest absolute Gasteiger partial charge is 0.496 e. The summed E-state index contributed by atoms with van der Waals surface area (Å²) in [5.74, 6) is 2.07. The predicted octanol–water partition coefficient (Wildman–Crippen LogP) is 3.31. The molecule has 0 heterocycles. The first kappa shape index (κ1) is 20.5. The van der Waals surface area contributed by atoms with E-state index in [9.17, 15) is 4.79 Å². The highest BCUT2D eigenvalue weighted by Gasteiger charge is 2.17. The lowest BCUT2D eigenvalue weighted by molar-refractivity contribution is 0.0950. The number of amides is 1. The van der Waals surface area contributed by atoms with Crippen LogP contribution in [-0.4, -0.2) is 41.5 Å². The van der Waals surface area contributed by atoms with Crippen molar-refractivity contribution in [1.29, 1.82) is 0 Å². The molecule has 0 bridgehead atoms. The summed E-state index contributed by atoms with van der Waals surface area (Å²) in [4.78, 5) is 12.6. The molecular formula is C19H22ClNO6. The molecule has 8 heteroatoms. The van der Waals surface area contributed by atoms with Crippen molar-refractivity contribution in [3.8, 4) is 28.7 Å². The Hall–Kier alpha value is -2.80. The minimum absolute atomic E-state index is 0.217. The molecule has 0 radical (unpaired) electrons. The molecule has 0 unspecified atom stereocenters. The molecule has 2 rings (SSSR count). The van der Waals surface area contributed by atoms with Crippen molar-refractivity contribution >= 4 is 17.5 Å². The molecular weight excluding hydrogens is 374 g/mol. The predicted molar refractivity (Wildman–Crippen MR) is 102 cm³/mol. The fraction of sp³-hybridized carbons (Fsp3) is 0.316. The Balaban J connectivity index is 2.24. The van der Waals surface area contributed by atoms with Crippen LogP contribution in [-0.2, 0) is 6.54 Å². The van der Waals surface area contributed by atoms with E-state index in [0.717, 1.165) is 5.56 Å². The summed E-state index contributed by atoms with van der Waals surface area (Å²) in [6.45, 7) is 0.217. The molecule has 0 atom stereocenters. The minimum atomic E-state index is -0.324. The van der Waals surface area contributed by atoms with Gasteiger partial charge in [0.15, 0.2) is 23.0 Å². The summed E-state index contributed by atoms with van der Waals surface area (Å²) in [6, 6.07) is 6.53. The second-order valence-electron chi connectivity index (χ2n) is 5.40. The van der Waals surface area contributed by atoms with Crippen LogP contribution in [0.25, 0.3) is 0 Å². The highest BCUT2D eigenvalue weighted by molar-refractivity contribution is 6.32. The Bertz CT molecular complexity index is 824. The van der Waals surface area contributed by atoms with Crippen molar-refractivity contribution < 1.29 is 28.5 Å². The van der Waals surface area contributed by atoms with Gasteiger partial charge in [0.05, 0.1) is 40.6 Å². The van der Waals surface area contributed by atoms with Gasteiger partial charge in [0.25, 0.3) is 5.91 Å². The van der Waals surface area contributed by atoms with Gasteiger partial charge in [-0.1, -0.05) is 11.6 Å². The van der Waals surface area contributed by atoms with Crippen molar-refractivity contribution in [3.63, 3.8) is 0 Å². The molecule has 0 spiro atoms. The third-order valence-electron chi connectivity index (χ3n) is 3.92. The van der Waals surface area contributed by atoms with Gasteiger partial charge in [0, 0.05) is 23.7 Å². The Kier molecular flexibility index (Phi) is 7.01. The van der Waals surface area contributed by atoms with Crippen LogP contribution < -0.4 is 29.0 Å². The number of nitrogens with one attached hydrogen (secondary N) is 1. The summed E-state index contributed by atoms with van der Waals surface area (Å²) in [5, 5.41) is 3.11. The van der Waals surface area contributed by atoms with Crippen LogP contribution in [0.15, 0.2) is 24.3 Å². The zero-order valence-corrected chi connectivity index (χ0v) is 16.6. The molecule has 1 N–H and O–H groups in total. The third kappa shape index (κ3) is 4.49. The van der Waals surface area contributed by atoms with E-state index in [2.05, 4.69) is 5.32 Å². The van der Waals surface area contributed by atoms with Gasteiger partial charge in [-0.3, -0.25) is 4.79 Å². The van der Waals surface area contributed by atoms with E-state index in [0.29, 0.717) is 34.3 Å². The number of ether oxygens (including phenoxy) is 5.